The minimum Gasteiger partial charge on any atom is -0.481 e. The van der Waals surface area contributed by atoms with Gasteiger partial charge in [0.25, 0.3) is 0 Å². The molecule has 21 heavy (non-hydrogen) atoms. The summed E-state index contributed by atoms with van der Waals surface area (Å²) in [6, 6.07) is 2.02. The number of hydrogen-bond acceptors (Lipinski definition) is 5. The number of carbonyl (C=O) groups is 1. The molecule has 112 valence electrons. The van der Waals surface area contributed by atoms with Crippen molar-refractivity contribution >= 4 is 17.3 Å². The van der Waals surface area contributed by atoms with Gasteiger partial charge < -0.3 is 5.11 Å². The number of rotatable bonds is 4. The number of aromatic nitrogens is 4. The molecular formula is C14H18N4O2S. The van der Waals surface area contributed by atoms with E-state index in [1.54, 1.807) is 16.0 Å². The summed E-state index contributed by atoms with van der Waals surface area (Å²) in [5.74, 6) is -0.0553. The molecule has 0 aromatic carbocycles. The summed E-state index contributed by atoms with van der Waals surface area (Å²) >= 11 is 1.58. The van der Waals surface area contributed by atoms with Crippen molar-refractivity contribution in [1.29, 1.82) is 0 Å². The Morgan fingerprint density at radius 2 is 2.19 bits per heavy atom. The van der Waals surface area contributed by atoms with E-state index in [1.807, 2.05) is 18.4 Å². The molecule has 0 radical (unpaired) electrons. The van der Waals surface area contributed by atoms with Gasteiger partial charge in [-0.1, -0.05) is 19.3 Å². The fourth-order valence-corrected chi connectivity index (χ4v) is 3.94. The van der Waals surface area contributed by atoms with E-state index in [4.69, 9.17) is 0 Å². The molecule has 7 heteroatoms. The van der Waals surface area contributed by atoms with Gasteiger partial charge >= 0.3 is 5.97 Å². The van der Waals surface area contributed by atoms with Gasteiger partial charge in [0, 0.05) is 0 Å². The fourth-order valence-electron chi connectivity index (χ4n) is 3.03. The molecular weight excluding hydrogens is 288 g/mol. The van der Waals surface area contributed by atoms with Crippen LogP contribution < -0.4 is 0 Å². The van der Waals surface area contributed by atoms with Crippen LogP contribution in [0.2, 0.25) is 0 Å². The van der Waals surface area contributed by atoms with Gasteiger partial charge in [-0.15, -0.1) is 16.4 Å². The predicted octanol–water partition coefficient (Wildman–Crippen LogP) is 2.75. The smallest absolute Gasteiger partial charge is 0.311 e. The molecule has 0 saturated heterocycles. The zero-order valence-electron chi connectivity index (χ0n) is 11.9. The van der Waals surface area contributed by atoms with Crippen molar-refractivity contribution < 1.29 is 9.90 Å². The summed E-state index contributed by atoms with van der Waals surface area (Å²) < 4.78 is 1.66. The van der Waals surface area contributed by atoms with Gasteiger partial charge in [0.1, 0.15) is 0 Å². The van der Waals surface area contributed by atoms with E-state index in [1.165, 1.54) is 0 Å². The van der Waals surface area contributed by atoms with Crippen LogP contribution in [0.25, 0.3) is 10.7 Å². The molecule has 1 aliphatic rings. The number of aryl methyl sites for hydroxylation is 1. The SMILES string of the molecule is Cc1ccsc1-c1nnnn1CC1(C(=O)O)CCCCC1. The summed E-state index contributed by atoms with van der Waals surface area (Å²) in [6.45, 7) is 2.36. The number of carboxylic acid groups (broad SMARTS) is 1. The van der Waals surface area contributed by atoms with Crippen LogP contribution in [0.4, 0.5) is 0 Å². The van der Waals surface area contributed by atoms with Gasteiger partial charge in [0.15, 0.2) is 5.82 Å². The average molecular weight is 306 g/mol. The van der Waals surface area contributed by atoms with Crippen molar-refractivity contribution in [1.82, 2.24) is 20.2 Å². The van der Waals surface area contributed by atoms with Gasteiger partial charge in [-0.2, -0.15) is 0 Å². The average Bonchev–Trinajstić information content (AvgIpc) is 3.08. The molecule has 1 N–H and O–H groups in total. The number of aliphatic carboxylic acids is 1. The van der Waals surface area contributed by atoms with E-state index in [0.29, 0.717) is 25.2 Å². The van der Waals surface area contributed by atoms with Gasteiger partial charge in [0.05, 0.1) is 16.8 Å². The Morgan fingerprint density at radius 1 is 1.43 bits per heavy atom. The van der Waals surface area contributed by atoms with Crippen molar-refractivity contribution in [3.05, 3.63) is 17.0 Å². The second-order valence-corrected chi connectivity index (χ2v) is 6.66. The molecule has 0 aliphatic heterocycles. The summed E-state index contributed by atoms with van der Waals surface area (Å²) in [5, 5.41) is 23.6. The first-order valence-electron chi connectivity index (χ1n) is 7.16. The lowest BCUT2D eigenvalue weighted by molar-refractivity contribution is -0.152. The Morgan fingerprint density at radius 3 is 2.81 bits per heavy atom. The minimum atomic E-state index is -0.730. The molecule has 0 atom stereocenters. The molecule has 0 spiro atoms. The third-order valence-corrected chi connectivity index (χ3v) is 5.33. The summed E-state index contributed by atoms with van der Waals surface area (Å²) in [7, 11) is 0. The van der Waals surface area contributed by atoms with Crippen molar-refractivity contribution in [2.75, 3.05) is 0 Å². The van der Waals surface area contributed by atoms with E-state index in [0.717, 1.165) is 29.7 Å². The first kappa shape index (κ1) is 14.2. The van der Waals surface area contributed by atoms with E-state index >= 15 is 0 Å². The van der Waals surface area contributed by atoms with E-state index in [9.17, 15) is 9.90 Å². The van der Waals surface area contributed by atoms with Crippen molar-refractivity contribution in [3.8, 4) is 10.7 Å². The van der Waals surface area contributed by atoms with Gasteiger partial charge in [-0.3, -0.25) is 4.79 Å². The van der Waals surface area contributed by atoms with Crippen LogP contribution in [0.15, 0.2) is 11.4 Å². The first-order valence-corrected chi connectivity index (χ1v) is 8.04. The molecule has 2 aromatic rings. The van der Waals surface area contributed by atoms with Crippen LogP contribution in [0.3, 0.4) is 0 Å². The van der Waals surface area contributed by atoms with Crippen LogP contribution >= 0.6 is 11.3 Å². The van der Waals surface area contributed by atoms with Gasteiger partial charge in [-0.05, 0) is 47.2 Å². The molecule has 1 saturated carbocycles. The molecule has 0 unspecified atom stereocenters. The zero-order valence-corrected chi connectivity index (χ0v) is 12.8. The normalized spacial score (nSPS) is 17.8. The Labute approximate surface area is 126 Å². The molecule has 6 nitrogen and oxygen atoms in total. The van der Waals surface area contributed by atoms with Crippen LogP contribution in [-0.4, -0.2) is 31.3 Å². The second-order valence-electron chi connectivity index (χ2n) is 5.74. The molecule has 2 heterocycles. The molecule has 3 rings (SSSR count). The lowest BCUT2D eigenvalue weighted by atomic mass is 9.74. The lowest BCUT2D eigenvalue weighted by Crippen LogP contribution is -2.38. The summed E-state index contributed by atoms with van der Waals surface area (Å²) in [5.41, 5.74) is 0.386. The first-order chi connectivity index (χ1) is 10.1. The fraction of sp³-hybridized carbons (Fsp3) is 0.571. The third kappa shape index (κ3) is 2.57. The van der Waals surface area contributed by atoms with Gasteiger partial charge in [-0.25, -0.2) is 4.68 Å². The highest BCUT2D eigenvalue weighted by Crippen LogP contribution is 2.39. The number of thiophene rings is 1. The molecule has 1 fully saturated rings. The Hall–Kier alpha value is -1.76. The maximum Gasteiger partial charge on any atom is 0.311 e. The highest BCUT2D eigenvalue weighted by molar-refractivity contribution is 7.13. The van der Waals surface area contributed by atoms with Crippen LogP contribution in [-0.2, 0) is 11.3 Å². The van der Waals surface area contributed by atoms with Gasteiger partial charge in [0.2, 0.25) is 0 Å². The van der Waals surface area contributed by atoms with Crippen molar-refractivity contribution in [3.63, 3.8) is 0 Å². The molecule has 0 amide bonds. The number of nitrogens with zero attached hydrogens (tertiary/aromatic N) is 4. The quantitative estimate of drug-likeness (QED) is 0.939. The second kappa shape index (κ2) is 5.55. The molecule has 0 bridgehead atoms. The Balaban J connectivity index is 1.93. The van der Waals surface area contributed by atoms with E-state index in [2.05, 4.69) is 15.5 Å². The van der Waals surface area contributed by atoms with Crippen LogP contribution in [0, 0.1) is 12.3 Å². The standard InChI is InChI=1S/C14H18N4O2S/c1-10-5-8-21-11(10)12-15-16-17-18(12)9-14(13(19)20)6-3-2-4-7-14/h5,8H,2-4,6-7,9H2,1H3,(H,19,20). The van der Waals surface area contributed by atoms with E-state index in [-0.39, 0.29) is 0 Å². The topological polar surface area (TPSA) is 80.9 Å². The van der Waals surface area contributed by atoms with Crippen LogP contribution in [0.5, 0.6) is 0 Å². The summed E-state index contributed by atoms with van der Waals surface area (Å²) in [4.78, 5) is 12.8. The molecule has 2 aromatic heterocycles. The summed E-state index contributed by atoms with van der Waals surface area (Å²) in [6.07, 6.45) is 4.43. The van der Waals surface area contributed by atoms with E-state index < -0.39 is 11.4 Å². The van der Waals surface area contributed by atoms with Crippen molar-refractivity contribution in [2.45, 2.75) is 45.6 Å². The maximum atomic E-state index is 11.8. The monoisotopic (exact) mass is 306 g/mol. The maximum absolute atomic E-state index is 11.8. The number of hydrogen-bond donors (Lipinski definition) is 1. The van der Waals surface area contributed by atoms with Crippen molar-refractivity contribution in [2.24, 2.45) is 5.41 Å². The largest absolute Gasteiger partial charge is 0.481 e. The highest BCUT2D eigenvalue weighted by Gasteiger charge is 2.41. The number of tetrazole rings is 1. The highest BCUT2D eigenvalue weighted by atomic mass is 32.1. The van der Waals surface area contributed by atoms with Crippen LogP contribution in [0.1, 0.15) is 37.7 Å². The Kier molecular flexibility index (Phi) is 3.75. The molecule has 1 aliphatic carbocycles. The predicted molar refractivity (Wildman–Crippen MR) is 79.0 cm³/mol. The zero-order chi connectivity index (χ0) is 14.9. The minimum absolute atomic E-state index is 0.349. The number of carboxylic acids is 1. The Bertz CT molecular complexity index is 643. The third-order valence-electron chi connectivity index (χ3n) is 4.31. The lowest BCUT2D eigenvalue weighted by Gasteiger charge is -2.32.